The van der Waals surface area contributed by atoms with Crippen molar-refractivity contribution in [3.05, 3.63) is 75.4 Å². The van der Waals surface area contributed by atoms with E-state index in [1.165, 1.54) is 11.0 Å². The van der Waals surface area contributed by atoms with Gasteiger partial charge >= 0.3 is 0 Å². The molecular weight excluding hydrogens is 471 g/mol. The van der Waals surface area contributed by atoms with Gasteiger partial charge in [-0.3, -0.25) is 9.59 Å². The molecule has 2 amide bonds. The molecule has 0 radical (unpaired) electrons. The Morgan fingerprint density at radius 2 is 1.74 bits per heavy atom. The Morgan fingerprint density at radius 1 is 1.06 bits per heavy atom. The van der Waals surface area contributed by atoms with Crippen molar-refractivity contribution in [2.75, 3.05) is 18.4 Å². The maximum Gasteiger partial charge on any atom is 0.255 e. The predicted molar refractivity (Wildman–Crippen MR) is 138 cm³/mol. The van der Waals surface area contributed by atoms with Gasteiger partial charge in [-0.25, -0.2) is 4.68 Å². The second kappa shape index (κ2) is 10.6. The molecule has 0 aliphatic carbocycles. The van der Waals surface area contributed by atoms with Gasteiger partial charge in [-0.1, -0.05) is 68.6 Å². The number of halogens is 2. The lowest BCUT2D eigenvalue weighted by Gasteiger charge is -2.22. The van der Waals surface area contributed by atoms with Crippen LogP contribution in [0.1, 0.15) is 55.7 Å². The Hall–Kier alpha value is -2.83. The molecule has 3 aromatic rings. The summed E-state index contributed by atoms with van der Waals surface area (Å²) in [4.78, 5) is 27.7. The molecule has 2 aromatic carbocycles. The summed E-state index contributed by atoms with van der Waals surface area (Å²) in [5.74, 6) is -0.0890. The third kappa shape index (κ3) is 6.19. The lowest BCUT2D eigenvalue weighted by atomic mass is 9.92. The van der Waals surface area contributed by atoms with Gasteiger partial charge in [-0.2, -0.15) is 5.10 Å². The smallest absolute Gasteiger partial charge is 0.255 e. The summed E-state index contributed by atoms with van der Waals surface area (Å²) in [7, 11) is 0. The van der Waals surface area contributed by atoms with Crippen molar-refractivity contribution in [2.24, 2.45) is 0 Å². The van der Waals surface area contributed by atoms with Crippen molar-refractivity contribution in [2.45, 2.75) is 46.5 Å². The number of rotatable bonds is 7. The first-order valence-corrected chi connectivity index (χ1v) is 12.0. The molecule has 8 heteroatoms. The Morgan fingerprint density at radius 3 is 2.32 bits per heavy atom. The number of hydrogen-bond donors (Lipinski definition) is 1. The highest BCUT2D eigenvalue weighted by molar-refractivity contribution is 6.36. The SMILES string of the molecule is CCCN(CC(=O)Nc1cc(C(C)(C)C)nn1-c1ccc(C)cc1)C(=O)c1ccc(Cl)cc1Cl. The van der Waals surface area contributed by atoms with Crippen molar-refractivity contribution in [1.29, 1.82) is 0 Å². The molecule has 6 nitrogen and oxygen atoms in total. The number of benzene rings is 2. The van der Waals surface area contributed by atoms with Crippen LogP contribution < -0.4 is 5.32 Å². The molecule has 0 fully saturated rings. The average Bonchev–Trinajstić information content (AvgIpc) is 3.17. The number of carbonyl (C=O) groups excluding carboxylic acids is 2. The third-order valence-electron chi connectivity index (χ3n) is 5.30. The van der Waals surface area contributed by atoms with Gasteiger partial charge in [0.2, 0.25) is 5.91 Å². The monoisotopic (exact) mass is 500 g/mol. The molecule has 0 saturated heterocycles. The van der Waals surface area contributed by atoms with E-state index in [-0.39, 0.29) is 28.8 Å². The van der Waals surface area contributed by atoms with E-state index in [2.05, 4.69) is 26.1 Å². The highest BCUT2D eigenvalue weighted by atomic mass is 35.5. The summed E-state index contributed by atoms with van der Waals surface area (Å²) >= 11 is 12.2. The zero-order valence-corrected chi connectivity index (χ0v) is 21.7. The van der Waals surface area contributed by atoms with E-state index in [0.29, 0.717) is 29.4 Å². The number of aromatic nitrogens is 2. The summed E-state index contributed by atoms with van der Waals surface area (Å²) in [5.41, 5.74) is 2.92. The minimum atomic E-state index is -0.319. The van der Waals surface area contributed by atoms with E-state index in [9.17, 15) is 9.59 Å². The van der Waals surface area contributed by atoms with E-state index in [1.54, 1.807) is 16.8 Å². The second-order valence-corrected chi connectivity index (χ2v) is 10.2. The molecule has 1 N–H and O–H groups in total. The van der Waals surface area contributed by atoms with Crippen LogP contribution in [-0.4, -0.2) is 39.6 Å². The Labute approximate surface area is 210 Å². The highest BCUT2D eigenvalue weighted by Crippen LogP contribution is 2.27. The van der Waals surface area contributed by atoms with Gasteiger partial charge in [0.1, 0.15) is 12.4 Å². The molecule has 1 heterocycles. The maximum absolute atomic E-state index is 13.1. The minimum absolute atomic E-state index is 0.116. The highest BCUT2D eigenvalue weighted by Gasteiger charge is 2.24. The second-order valence-electron chi connectivity index (χ2n) is 9.31. The van der Waals surface area contributed by atoms with Gasteiger partial charge in [0.15, 0.2) is 0 Å². The third-order valence-corrected chi connectivity index (χ3v) is 5.85. The van der Waals surface area contributed by atoms with Crippen LogP contribution >= 0.6 is 23.2 Å². The Balaban J connectivity index is 1.86. The molecule has 0 atom stereocenters. The number of aryl methyl sites for hydroxylation is 1. The molecular formula is C26H30Cl2N4O2. The van der Waals surface area contributed by atoms with Crippen molar-refractivity contribution in [1.82, 2.24) is 14.7 Å². The van der Waals surface area contributed by atoms with Gasteiger partial charge < -0.3 is 10.2 Å². The Bertz CT molecular complexity index is 1180. The van der Waals surface area contributed by atoms with Crippen LogP contribution in [0.25, 0.3) is 5.69 Å². The maximum atomic E-state index is 13.1. The molecule has 3 rings (SSSR count). The summed E-state index contributed by atoms with van der Waals surface area (Å²) in [6.07, 6.45) is 0.694. The van der Waals surface area contributed by atoms with Crippen molar-refractivity contribution < 1.29 is 9.59 Å². The molecule has 0 saturated carbocycles. The number of nitrogens with one attached hydrogen (secondary N) is 1. The predicted octanol–water partition coefficient (Wildman–Crippen LogP) is 6.28. The van der Waals surface area contributed by atoms with Crippen LogP contribution in [0.4, 0.5) is 5.82 Å². The van der Waals surface area contributed by atoms with E-state index >= 15 is 0 Å². The normalized spacial score (nSPS) is 11.4. The Kier molecular flexibility index (Phi) is 8.05. The van der Waals surface area contributed by atoms with Crippen LogP contribution in [-0.2, 0) is 10.2 Å². The average molecular weight is 501 g/mol. The number of anilines is 1. The first-order valence-electron chi connectivity index (χ1n) is 11.2. The molecule has 34 heavy (non-hydrogen) atoms. The molecule has 1 aromatic heterocycles. The molecule has 0 unspecified atom stereocenters. The zero-order valence-electron chi connectivity index (χ0n) is 20.2. The molecule has 180 valence electrons. The quantitative estimate of drug-likeness (QED) is 0.415. The summed E-state index contributed by atoms with van der Waals surface area (Å²) in [5, 5.41) is 8.39. The topological polar surface area (TPSA) is 67.2 Å². The van der Waals surface area contributed by atoms with Crippen LogP contribution in [0.5, 0.6) is 0 Å². The first-order chi connectivity index (χ1) is 16.0. The van der Waals surface area contributed by atoms with Crippen molar-refractivity contribution in [3.8, 4) is 5.69 Å². The first kappa shape index (κ1) is 25.8. The summed E-state index contributed by atoms with van der Waals surface area (Å²) in [6.45, 7) is 10.5. The van der Waals surface area contributed by atoms with Gasteiger partial charge in [-0.05, 0) is 43.7 Å². The fraction of sp³-hybridized carbons (Fsp3) is 0.346. The fourth-order valence-electron chi connectivity index (χ4n) is 3.43. The van der Waals surface area contributed by atoms with E-state index in [0.717, 1.165) is 16.9 Å². The summed E-state index contributed by atoms with van der Waals surface area (Å²) < 4.78 is 1.72. The molecule has 0 spiro atoms. The van der Waals surface area contributed by atoms with Gasteiger partial charge in [0.05, 0.1) is 22.0 Å². The standard InChI is InChI=1S/C26H30Cl2N4O2/c1-6-13-31(25(34)20-12-9-18(27)14-21(20)28)16-24(33)29-23-15-22(26(3,4)5)30-32(23)19-10-7-17(2)8-11-19/h7-12,14-15H,6,13,16H2,1-5H3,(H,29,33). The van der Waals surface area contributed by atoms with E-state index in [4.69, 9.17) is 28.3 Å². The van der Waals surface area contributed by atoms with Gasteiger partial charge in [0, 0.05) is 23.0 Å². The zero-order chi connectivity index (χ0) is 25.0. The van der Waals surface area contributed by atoms with Gasteiger partial charge in [0.25, 0.3) is 5.91 Å². The van der Waals surface area contributed by atoms with Crippen LogP contribution in [0.2, 0.25) is 10.0 Å². The van der Waals surface area contributed by atoms with Crippen LogP contribution in [0.15, 0.2) is 48.5 Å². The molecule has 0 aliphatic rings. The van der Waals surface area contributed by atoms with Crippen molar-refractivity contribution >= 4 is 40.8 Å². The molecule has 0 bridgehead atoms. The van der Waals surface area contributed by atoms with Crippen molar-refractivity contribution in [3.63, 3.8) is 0 Å². The number of nitrogens with zero attached hydrogens (tertiary/aromatic N) is 3. The fourth-order valence-corrected chi connectivity index (χ4v) is 3.92. The minimum Gasteiger partial charge on any atom is -0.329 e. The molecule has 0 aliphatic heterocycles. The van der Waals surface area contributed by atoms with E-state index < -0.39 is 0 Å². The van der Waals surface area contributed by atoms with Crippen LogP contribution in [0, 0.1) is 6.92 Å². The summed E-state index contributed by atoms with van der Waals surface area (Å²) in [6, 6.07) is 14.5. The number of carbonyl (C=O) groups is 2. The number of hydrogen-bond acceptors (Lipinski definition) is 3. The lowest BCUT2D eigenvalue weighted by molar-refractivity contribution is -0.116. The number of amides is 2. The largest absolute Gasteiger partial charge is 0.329 e. The van der Waals surface area contributed by atoms with Crippen LogP contribution in [0.3, 0.4) is 0 Å². The van der Waals surface area contributed by atoms with E-state index in [1.807, 2.05) is 44.2 Å². The van der Waals surface area contributed by atoms with Gasteiger partial charge in [-0.15, -0.1) is 0 Å². The lowest BCUT2D eigenvalue weighted by Crippen LogP contribution is -2.38.